The largest absolute Gasteiger partial charge is 0.175 e. The molecule has 1 atom stereocenters. The van der Waals surface area contributed by atoms with E-state index in [-0.39, 0.29) is 6.04 Å². The molecule has 100 valence electrons. The summed E-state index contributed by atoms with van der Waals surface area (Å²) in [6.45, 7) is 0. The van der Waals surface area contributed by atoms with Gasteiger partial charge in [0, 0.05) is 5.56 Å². The SMILES string of the molecule is c1ccc(-c2ccc(C3N=Nc4ccccc43)cc2)cc1. The highest BCUT2D eigenvalue weighted by Gasteiger charge is 2.21. The van der Waals surface area contributed by atoms with Crippen LogP contribution in [-0.2, 0) is 0 Å². The van der Waals surface area contributed by atoms with Crippen LogP contribution in [0.15, 0.2) is 89.1 Å². The maximum atomic E-state index is 4.40. The lowest BCUT2D eigenvalue weighted by Crippen LogP contribution is -1.94. The van der Waals surface area contributed by atoms with E-state index in [1.807, 2.05) is 24.3 Å². The van der Waals surface area contributed by atoms with Gasteiger partial charge in [0.25, 0.3) is 0 Å². The number of rotatable bonds is 2. The zero-order valence-electron chi connectivity index (χ0n) is 11.5. The van der Waals surface area contributed by atoms with Gasteiger partial charge in [-0.15, -0.1) is 0 Å². The van der Waals surface area contributed by atoms with E-state index in [1.54, 1.807) is 0 Å². The molecule has 0 N–H and O–H groups in total. The Morgan fingerprint density at radius 1 is 0.619 bits per heavy atom. The zero-order valence-corrected chi connectivity index (χ0v) is 11.5. The van der Waals surface area contributed by atoms with Crippen LogP contribution in [0.2, 0.25) is 0 Å². The van der Waals surface area contributed by atoms with Crippen molar-refractivity contribution in [2.45, 2.75) is 6.04 Å². The molecule has 0 amide bonds. The Balaban J connectivity index is 1.68. The molecule has 3 aromatic rings. The van der Waals surface area contributed by atoms with Crippen LogP contribution in [0.3, 0.4) is 0 Å². The van der Waals surface area contributed by atoms with Gasteiger partial charge in [-0.05, 0) is 22.8 Å². The lowest BCUT2D eigenvalue weighted by Gasteiger charge is -2.09. The summed E-state index contributed by atoms with van der Waals surface area (Å²) in [7, 11) is 0. The van der Waals surface area contributed by atoms with Crippen molar-refractivity contribution in [3.05, 3.63) is 90.0 Å². The van der Waals surface area contributed by atoms with Crippen molar-refractivity contribution in [3.8, 4) is 11.1 Å². The molecule has 2 heteroatoms. The molecule has 0 saturated carbocycles. The Bertz CT molecular complexity index is 789. The molecule has 0 spiro atoms. The van der Waals surface area contributed by atoms with E-state index in [9.17, 15) is 0 Å². The Kier molecular flexibility index (Phi) is 2.86. The summed E-state index contributed by atoms with van der Waals surface area (Å²) in [5, 5.41) is 8.66. The molecule has 1 aliphatic heterocycles. The molecule has 1 aliphatic rings. The molecular weight excluding hydrogens is 256 g/mol. The molecule has 4 rings (SSSR count). The molecule has 0 aliphatic carbocycles. The van der Waals surface area contributed by atoms with Crippen molar-refractivity contribution in [2.24, 2.45) is 10.2 Å². The van der Waals surface area contributed by atoms with E-state index < -0.39 is 0 Å². The van der Waals surface area contributed by atoms with Gasteiger partial charge >= 0.3 is 0 Å². The van der Waals surface area contributed by atoms with Crippen LogP contribution in [0, 0.1) is 0 Å². The normalized spacial score (nSPS) is 15.9. The highest BCUT2D eigenvalue weighted by molar-refractivity contribution is 5.64. The van der Waals surface area contributed by atoms with Crippen LogP contribution in [0.5, 0.6) is 0 Å². The van der Waals surface area contributed by atoms with E-state index in [1.165, 1.54) is 22.3 Å². The fraction of sp³-hybridized carbons (Fsp3) is 0.0526. The molecular formula is C19H14N2. The summed E-state index contributed by atoms with van der Waals surface area (Å²) in [6.07, 6.45) is 0. The Hall–Kier alpha value is -2.74. The number of fused-ring (bicyclic) bond motifs is 1. The molecule has 1 heterocycles. The van der Waals surface area contributed by atoms with Gasteiger partial charge in [-0.1, -0.05) is 72.8 Å². The van der Waals surface area contributed by atoms with Crippen molar-refractivity contribution >= 4 is 5.69 Å². The van der Waals surface area contributed by atoms with Crippen molar-refractivity contribution < 1.29 is 0 Å². The van der Waals surface area contributed by atoms with Gasteiger partial charge in [-0.25, -0.2) is 0 Å². The molecule has 0 radical (unpaired) electrons. The van der Waals surface area contributed by atoms with Gasteiger partial charge in [0.05, 0.1) is 5.69 Å². The van der Waals surface area contributed by atoms with Gasteiger partial charge in [0.15, 0.2) is 0 Å². The van der Waals surface area contributed by atoms with Crippen LogP contribution >= 0.6 is 0 Å². The number of hydrogen-bond acceptors (Lipinski definition) is 2. The third kappa shape index (κ3) is 2.15. The maximum absolute atomic E-state index is 4.40. The molecule has 3 aromatic carbocycles. The van der Waals surface area contributed by atoms with Crippen LogP contribution in [0.1, 0.15) is 17.2 Å². The number of benzene rings is 3. The smallest absolute Gasteiger partial charge is 0.123 e. The Labute approximate surface area is 123 Å². The lowest BCUT2D eigenvalue weighted by atomic mass is 9.96. The molecule has 1 unspecified atom stereocenters. The quantitative estimate of drug-likeness (QED) is 0.584. The minimum atomic E-state index is 0.0334. The summed E-state index contributed by atoms with van der Waals surface area (Å²) in [6, 6.07) is 27.2. The van der Waals surface area contributed by atoms with Gasteiger partial charge in [0.1, 0.15) is 6.04 Å². The summed E-state index contributed by atoms with van der Waals surface area (Å²) < 4.78 is 0. The van der Waals surface area contributed by atoms with Crippen LogP contribution in [0.25, 0.3) is 11.1 Å². The predicted molar refractivity (Wildman–Crippen MR) is 84.7 cm³/mol. The van der Waals surface area contributed by atoms with Crippen molar-refractivity contribution in [3.63, 3.8) is 0 Å². The molecule has 21 heavy (non-hydrogen) atoms. The summed E-state index contributed by atoms with van der Waals surface area (Å²) >= 11 is 0. The van der Waals surface area contributed by atoms with E-state index in [0.29, 0.717) is 0 Å². The molecule has 0 fully saturated rings. The number of azo groups is 1. The lowest BCUT2D eigenvalue weighted by molar-refractivity contribution is 0.862. The first-order valence-corrected chi connectivity index (χ1v) is 7.07. The average molecular weight is 270 g/mol. The highest BCUT2D eigenvalue weighted by atomic mass is 15.2. The maximum Gasteiger partial charge on any atom is 0.123 e. The second-order valence-corrected chi connectivity index (χ2v) is 5.16. The molecule has 2 nitrogen and oxygen atoms in total. The molecule has 0 saturated heterocycles. The first-order chi connectivity index (χ1) is 10.4. The average Bonchev–Trinajstić information content (AvgIpc) is 3.00. The van der Waals surface area contributed by atoms with Crippen LogP contribution in [0.4, 0.5) is 5.69 Å². The van der Waals surface area contributed by atoms with Gasteiger partial charge in [-0.3, -0.25) is 0 Å². The second-order valence-electron chi connectivity index (χ2n) is 5.16. The Morgan fingerprint density at radius 2 is 1.29 bits per heavy atom. The van der Waals surface area contributed by atoms with E-state index in [2.05, 4.69) is 64.8 Å². The number of nitrogens with zero attached hydrogens (tertiary/aromatic N) is 2. The third-order valence-electron chi connectivity index (χ3n) is 3.85. The first kappa shape index (κ1) is 12.0. The van der Waals surface area contributed by atoms with E-state index in [0.717, 1.165) is 5.69 Å². The first-order valence-electron chi connectivity index (χ1n) is 7.07. The predicted octanol–water partition coefficient (Wildman–Crippen LogP) is 5.54. The summed E-state index contributed by atoms with van der Waals surface area (Å²) in [4.78, 5) is 0. The monoisotopic (exact) mass is 270 g/mol. The number of hydrogen-bond donors (Lipinski definition) is 0. The second kappa shape index (κ2) is 4.98. The van der Waals surface area contributed by atoms with Gasteiger partial charge in [0.2, 0.25) is 0 Å². The molecule has 0 bridgehead atoms. The van der Waals surface area contributed by atoms with Crippen molar-refractivity contribution in [1.29, 1.82) is 0 Å². The zero-order chi connectivity index (χ0) is 14.1. The van der Waals surface area contributed by atoms with Crippen molar-refractivity contribution in [2.75, 3.05) is 0 Å². The minimum Gasteiger partial charge on any atom is -0.175 e. The van der Waals surface area contributed by atoms with Gasteiger partial charge in [-0.2, -0.15) is 10.2 Å². The van der Waals surface area contributed by atoms with Crippen molar-refractivity contribution in [1.82, 2.24) is 0 Å². The van der Waals surface area contributed by atoms with Crippen LogP contribution < -0.4 is 0 Å². The van der Waals surface area contributed by atoms with Crippen LogP contribution in [-0.4, -0.2) is 0 Å². The topological polar surface area (TPSA) is 24.7 Å². The van der Waals surface area contributed by atoms with Gasteiger partial charge < -0.3 is 0 Å². The van der Waals surface area contributed by atoms with E-state index in [4.69, 9.17) is 0 Å². The summed E-state index contributed by atoms with van der Waals surface area (Å²) in [5.74, 6) is 0. The van der Waals surface area contributed by atoms with E-state index >= 15 is 0 Å². The third-order valence-corrected chi connectivity index (χ3v) is 3.85. The molecule has 0 aromatic heterocycles. The Morgan fingerprint density at radius 3 is 2.10 bits per heavy atom. The minimum absolute atomic E-state index is 0.0334. The fourth-order valence-corrected chi connectivity index (χ4v) is 2.73. The fourth-order valence-electron chi connectivity index (χ4n) is 2.73. The highest BCUT2D eigenvalue weighted by Crippen LogP contribution is 2.39. The standard InChI is InChI=1S/C19H14N2/c1-2-6-14(7-3-1)15-10-12-16(13-11-15)19-17-8-4-5-9-18(17)20-21-19/h1-13,19H. The summed E-state index contributed by atoms with van der Waals surface area (Å²) in [5.41, 5.74) is 5.81.